The number of carbonyl (C=O) groups excluding carboxylic acids is 1. The number of rotatable bonds is 2. The van der Waals surface area contributed by atoms with Crippen molar-refractivity contribution < 1.29 is 13.6 Å². The summed E-state index contributed by atoms with van der Waals surface area (Å²) >= 11 is 8.84. The van der Waals surface area contributed by atoms with Crippen molar-refractivity contribution in [3.8, 4) is 0 Å². The monoisotopic (exact) mass is 346 g/mol. The zero-order valence-corrected chi connectivity index (χ0v) is 11.6. The first-order valence-corrected chi connectivity index (χ1v) is 6.22. The largest absolute Gasteiger partial charge is 0.320 e. The number of hydrogen-bond acceptors (Lipinski definition) is 2. The van der Waals surface area contributed by atoms with E-state index in [1.807, 2.05) is 0 Å². The molecule has 0 atom stereocenters. The molecule has 0 aliphatic heterocycles. The zero-order chi connectivity index (χ0) is 14.0. The van der Waals surface area contributed by atoms with Gasteiger partial charge >= 0.3 is 0 Å². The lowest BCUT2D eigenvalue weighted by molar-refractivity contribution is 0.102. The summed E-state index contributed by atoms with van der Waals surface area (Å²) in [5.41, 5.74) is -0.0731. The summed E-state index contributed by atoms with van der Waals surface area (Å²) in [4.78, 5) is 15.6. The van der Waals surface area contributed by atoms with E-state index in [2.05, 4.69) is 26.2 Å². The summed E-state index contributed by atoms with van der Waals surface area (Å²) < 4.78 is 26.9. The van der Waals surface area contributed by atoms with Crippen LogP contribution in [0.2, 0.25) is 5.15 Å². The maximum atomic E-state index is 13.4. The first-order chi connectivity index (χ1) is 8.99. The van der Waals surface area contributed by atoms with Crippen LogP contribution in [0.5, 0.6) is 0 Å². The van der Waals surface area contributed by atoms with Crippen LogP contribution in [0.25, 0.3) is 0 Å². The summed E-state index contributed by atoms with van der Waals surface area (Å²) in [5.74, 6) is -3.04. The zero-order valence-electron chi connectivity index (χ0n) is 9.25. The molecule has 0 unspecified atom stereocenters. The van der Waals surface area contributed by atoms with E-state index >= 15 is 0 Å². The van der Waals surface area contributed by atoms with Crippen molar-refractivity contribution in [3.05, 3.63) is 57.3 Å². The molecule has 0 bridgehead atoms. The first kappa shape index (κ1) is 13.9. The van der Waals surface area contributed by atoms with E-state index in [1.165, 1.54) is 24.4 Å². The van der Waals surface area contributed by atoms with Crippen LogP contribution in [0.4, 0.5) is 14.5 Å². The summed E-state index contributed by atoms with van der Waals surface area (Å²) in [6.07, 6.45) is 1.31. The van der Waals surface area contributed by atoms with Crippen molar-refractivity contribution in [1.29, 1.82) is 0 Å². The van der Waals surface area contributed by atoms with E-state index in [0.29, 0.717) is 10.2 Å². The molecule has 1 amide bonds. The summed E-state index contributed by atoms with van der Waals surface area (Å²) in [5, 5.41) is 2.63. The summed E-state index contributed by atoms with van der Waals surface area (Å²) in [7, 11) is 0. The molecular formula is C12H6BrClF2N2O. The van der Waals surface area contributed by atoms with Crippen molar-refractivity contribution in [2.75, 3.05) is 5.32 Å². The van der Waals surface area contributed by atoms with Gasteiger partial charge in [0.1, 0.15) is 5.15 Å². The first-order valence-electron chi connectivity index (χ1n) is 5.05. The molecule has 1 aromatic heterocycles. The van der Waals surface area contributed by atoms with Crippen LogP contribution in [0.3, 0.4) is 0 Å². The summed E-state index contributed by atoms with van der Waals surface area (Å²) in [6.45, 7) is 0. The Morgan fingerprint density at radius 2 is 2.11 bits per heavy atom. The SMILES string of the molecule is O=C(Nc1cnc(Cl)c(Br)c1)c1cccc(F)c1F. The molecule has 98 valence electrons. The number of pyridine rings is 1. The smallest absolute Gasteiger partial charge is 0.258 e. The highest BCUT2D eigenvalue weighted by atomic mass is 79.9. The van der Waals surface area contributed by atoms with E-state index < -0.39 is 17.5 Å². The number of anilines is 1. The van der Waals surface area contributed by atoms with Crippen molar-refractivity contribution >= 4 is 39.1 Å². The third kappa shape index (κ3) is 3.08. The molecular weight excluding hydrogens is 341 g/mol. The molecule has 1 heterocycles. The Morgan fingerprint density at radius 1 is 1.37 bits per heavy atom. The predicted octanol–water partition coefficient (Wildman–Crippen LogP) is 4.03. The molecule has 0 radical (unpaired) electrons. The molecule has 2 aromatic rings. The summed E-state index contributed by atoms with van der Waals surface area (Å²) in [6, 6.07) is 4.88. The van der Waals surface area contributed by atoms with Crippen LogP contribution in [-0.4, -0.2) is 10.9 Å². The minimum atomic E-state index is -1.19. The number of amides is 1. The average molecular weight is 348 g/mol. The van der Waals surface area contributed by atoms with Crippen molar-refractivity contribution in [3.63, 3.8) is 0 Å². The minimum Gasteiger partial charge on any atom is -0.320 e. The maximum Gasteiger partial charge on any atom is 0.258 e. The second-order valence-corrected chi connectivity index (χ2v) is 4.76. The fourth-order valence-electron chi connectivity index (χ4n) is 1.37. The number of hydrogen-bond donors (Lipinski definition) is 1. The number of benzene rings is 1. The fraction of sp³-hybridized carbons (Fsp3) is 0. The molecule has 0 saturated heterocycles. The Morgan fingerprint density at radius 3 is 2.79 bits per heavy atom. The molecule has 3 nitrogen and oxygen atoms in total. The highest BCUT2D eigenvalue weighted by Gasteiger charge is 2.15. The van der Waals surface area contributed by atoms with Crippen LogP contribution in [0.15, 0.2) is 34.9 Å². The Bertz CT molecular complexity index is 652. The van der Waals surface area contributed by atoms with Gasteiger partial charge in [0, 0.05) is 0 Å². The molecule has 1 aromatic carbocycles. The molecule has 0 aliphatic rings. The molecule has 1 N–H and O–H groups in total. The van der Waals surface area contributed by atoms with Crippen LogP contribution >= 0.6 is 27.5 Å². The maximum absolute atomic E-state index is 13.4. The topological polar surface area (TPSA) is 42.0 Å². The molecule has 2 rings (SSSR count). The lowest BCUT2D eigenvalue weighted by Crippen LogP contribution is -2.14. The van der Waals surface area contributed by atoms with Crippen molar-refractivity contribution in [2.45, 2.75) is 0 Å². The number of nitrogens with zero attached hydrogens (tertiary/aromatic N) is 1. The van der Waals surface area contributed by atoms with Gasteiger partial charge in [0.05, 0.1) is 21.9 Å². The van der Waals surface area contributed by atoms with E-state index in [-0.39, 0.29) is 10.7 Å². The van der Waals surface area contributed by atoms with Crippen LogP contribution in [0, 0.1) is 11.6 Å². The molecule has 0 aliphatic carbocycles. The van der Waals surface area contributed by atoms with Crippen LogP contribution in [0.1, 0.15) is 10.4 Å². The fourth-order valence-corrected chi connectivity index (χ4v) is 1.82. The highest BCUT2D eigenvalue weighted by Crippen LogP contribution is 2.23. The van der Waals surface area contributed by atoms with E-state index in [1.54, 1.807) is 0 Å². The third-order valence-electron chi connectivity index (χ3n) is 2.25. The Labute approximate surface area is 120 Å². The number of aromatic nitrogens is 1. The number of halogens is 4. The molecule has 0 spiro atoms. The Balaban J connectivity index is 2.26. The predicted molar refractivity (Wildman–Crippen MR) is 71.3 cm³/mol. The van der Waals surface area contributed by atoms with Gasteiger partial charge in [-0.1, -0.05) is 17.7 Å². The van der Waals surface area contributed by atoms with Crippen molar-refractivity contribution in [2.24, 2.45) is 0 Å². The van der Waals surface area contributed by atoms with Crippen LogP contribution < -0.4 is 5.32 Å². The Hall–Kier alpha value is -1.53. The standard InChI is InChI=1S/C12H6BrClF2N2O/c13-8-4-6(5-17-11(8)14)18-12(19)7-2-1-3-9(15)10(7)16/h1-5H,(H,18,19). The van der Waals surface area contributed by atoms with Gasteiger partial charge in [-0.2, -0.15) is 0 Å². The molecule has 0 fully saturated rings. The second kappa shape index (κ2) is 5.63. The van der Waals surface area contributed by atoms with Gasteiger partial charge in [-0.05, 0) is 34.1 Å². The lowest BCUT2D eigenvalue weighted by Gasteiger charge is -2.07. The quantitative estimate of drug-likeness (QED) is 0.834. The van der Waals surface area contributed by atoms with Gasteiger partial charge in [-0.15, -0.1) is 0 Å². The highest BCUT2D eigenvalue weighted by molar-refractivity contribution is 9.10. The van der Waals surface area contributed by atoms with Gasteiger partial charge in [-0.3, -0.25) is 4.79 Å². The normalized spacial score (nSPS) is 10.3. The number of nitrogens with one attached hydrogen (secondary N) is 1. The third-order valence-corrected chi connectivity index (χ3v) is 3.38. The van der Waals surface area contributed by atoms with Gasteiger partial charge in [-0.25, -0.2) is 13.8 Å². The Kier molecular flexibility index (Phi) is 4.11. The van der Waals surface area contributed by atoms with E-state index in [9.17, 15) is 13.6 Å². The number of carbonyl (C=O) groups is 1. The van der Waals surface area contributed by atoms with E-state index in [0.717, 1.165) is 6.07 Å². The second-order valence-electron chi connectivity index (χ2n) is 3.55. The van der Waals surface area contributed by atoms with Gasteiger partial charge in [0.2, 0.25) is 0 Å². The van der Waals surface area contributed by atoms with E-state index in [4.69, 9.17) is 11.6 Å². The van der Waals surface area contributed by atoms with Gasteiger partial charge in [0.15, 0.2) is 11.6 Å². The van der Waals surface area contributed by atoms with Crippen molar-refractivity contribution in [1.82, 2.24) is 4.98 Å². The molecule has 0 saturated carbocycles. The van der Waals surface area contributed by atoms with Gasteiger partial charge < -0.3 is 5.32 Å². The minimum absolute atomic E-state index is 0.231. The van der Waals surface area contributed by atoms with Crippen LogP contribution in [-0.2, 0) is 0 Å². The molecule has 7 heteroatoms. The average Bonchev–Trinajstić information content (AvgIpc) is 2.37. The lowest BCUT2D eigenvalue weighted by atomic mass is 10.2. The molecule has 19 heavy (non-hydrogen) atoms. The van der Waals surface area contributed by atoms with Gasteiger partial charge in [0.25, 0.3) is 5.91 Å².